The van der Waals surface area contributed by atoms with E-state index in [4.69, 9.17) is 9.47 Å². The van der Waals surface area contributed by atoms with Crippen molar-refractivity contribution in [2.75, 3.05) is 14.2 Å². The van der Waals surface area contributed by atoms with E-state index >= 15 is 0 Å². The van der Waals surface area contributed by atoms with Crippen molar-refractivity contribution in [1.29, 1.82) is 0 Å². The van der Waals surface area contributed by atoms with Crippen LogP contribution in [0.1, 0.15) is 75.6 Å². The summed E-state index contributed by atoms with van der Waals surface area (Å²) in [5, 5.41) is 8.41. The van der Waals surface area contributed by atoms with Crippen molar-refractivity contribution in [2.45, 2.75) is 104 Å². The fourth-order valence-corrected chi connectivity index (χ4v) is 15.1. The molecule has 2 aliphatic heterocycles. The third-order valence-electron chi connectivity index (χ3n) is 10.6. The first-order valence-electron chi connectivity index (χ1n) is 15.9. The zero-order valence-electron chi connectivity index (χ0n) is 27.3. The number of benzene rings is 4. The molecule has 4 aromatic rings. The number of hydrogen-bond acceptors (Lipinski definition) is 2. The van der Waals surface area contributed by atoms with Crippen LogP contribution in [-0.4, -0.2) is 36.9 Å². The molecule has 4 aromatic carbocycles. The van der Waals surface area contributed by atoms with Gasteiger partial charge >= 0.3 is 0 Å². The molecular weight excluding hydrogens is 550 g/mol. The summed E-state index contributed by atoms with van der Waals surface area (Å²) in [5.41, 5.74) is 10.7. The molecule has 4 atom stereocenters. The topological polar surface area (TPSA) is 18.5 Å². The smallest absolute Gasteiger partial charge is 0.125 e. The number of rotatable bonds is 5. The lowest BCUT2D eigenvalue weighted by Gasteiger charge is -2.26. The average Bonchev–Trinajstić information content (AvgIpc) is 3.49. The zero-order chi connectivity index (χ0) is 30.0. The average molecular weight is 599 g/mol. The minimum Gasteiger partial charge on any atom is -0.496 e. The monoisotopic (exact) mass is 598 g/mol. The first-order chi connectivity index (χ1) is 20.1. The normalized spacial score (nSPS) is 23.4. The summed E-state index contributed by atoms with van der Waals surface area (Å²) in [5.74, 6) is 2.02. The molecule has 6 rings (SSSR count). The summed E-state index contributed by atoms with van der Waals surface area (Å²) in [6, 6.07) is 14.8. The molecule has 2 fully saturated rings. The van der Waals surface area contributed by atoms with Crippen molar-refractivity contribution >= 4 is 48.0 Å². The Morgan fingerprint density at radius 1 is 0.500 bits per heavy atom. The molecule has 0 aliphatic carbocycles. The third-order valence-corrected chi connectivity index (χ3v) is 17.2. The molecule has 0 N–H and O–H groups in total. The first kappa shape index (κ1) is 29.9. The van der Waals surface area contributed by atoms with Crippen LogP contribution in [0.2, 0.25) is 0 Å². The Bertz CT molecular complexity index is 1540. The van der Waals surface area contributed by atoms with Crippen molar-refractivity contribution in [3.05, 3.63) is 58.7 Å². The van der Waals surface area contributed by atoms with E-state index in [1.807, 2.05) is 14.2 Å². The summed E-state index contributed by atoms with van der Waals surface area (Å²) >= 11 is 0. The highest BCUT2D eigenvalue weighted by molar-refractivity contribution is 7.67. The fourth-order valence-electron chi connectivity index (χ4n) is 8.55. The van der Waals surface area contributed by atoms with Crippen molar-refractivity contribution in [3.8, 4) is 22.6 Å². The maximum absolute atomic E-state index is 6.17. The van der Waals surface area contributed by atoms with E-state index in [1.54, 1.807) is 10.6 Å². The van der Waals surface area contributed by atoms with Crippen LogP contribution in [0, 0.1) is 27.7 Å². The van der Waals surface area contributed by atoms with Crippen LogP contribution in [0.15, 0.2) is 36.4 Å². The molecule has 2 nitrogen and oxygen atoms in total. The molecule has 0 spiro atoms. The standard InChI is InChI=1S/C38H48O2P2/c1-21-11-12-22(2)41(21)29-15-17-31-33(19-29)25(5)37(39-9)27(7)35(31)36-28(8)38(40-10)26(6)34-20-30(16-18-32(34)36)42-23(3)13-14-24(42)4/h15-24H,11-14H2,1-10H3/t21-,22-,23-,24-/m0/s1. The van der Waals surface area contributed by atoms with Crippen LogP contribution in [0.4, 0.5) is 0 Å². The van der Waals surface area contributed by atoms with Crippen LogP contribution in [0.3, 0.4) is 0 Å². The predicted octanol–water partition coefficient (Wildman–Crippen LogP) is 10.3. The Hall–Kier alpha value is -2.14. The molecular formula is C38H48O2P2. The van der Waals surface area contributed by atoms with E-state index < -0.39 is 0 Å². The van der Waals surface area contributed by atoms with Gasteiger partial charge in [-0.05, 0) is 154 Å². The quantitative estimate of drug-likeness (QED) is 0.213. The highest BCUT2D eigenvalue weighted by Crippen LogP contribution is 2.56. The highest BCUT2D eigenvalue weighted by Gasteiger charge is 2.33. The van der Waals surface area contributed by atoms with Crippen molar-refractivity contribution in [3.63, 3.8) is 0 Å². The lowest BCUT2D eigenvalue weighted by molar-refractivity contribution is 0.409. The summed E-state index contributed by atoms with van der Waals surface area (Å²) in [7, 11) is 3.35. The lowest BCUT2D eigenvalue weighted by atomic mass is 9.84. The van der Waals surface area contributed by atoms with E-state index in [1.165, 1.54) is 80.6 Å². The van der Waals surface area contributed by atoms with Crippen molar-refractivity contribution in [2.24, 2.45) is 0 Å². The van der Waals surface area contributed by atoms with E-state index in [0.717, 1.165) is 34.1 Å². The Balaban J connectivity index is 1.66. The highest BCUT2D eigenvalue weighted by atomic mass is 31.1. The van der Waals surface area contributed by atoms with E-state index in [0.29, 0.717) is 0 Å². The molecule has 222 valence electrons. The first-order valence-corrected chi connectivity index (χ1v) is 18.8. The van der Waals surface area contributed by atoms with Crippen LogP contribution in [0.5, 0.6) is 11.5 Å². The molecule has 0 aromatic heterocycles. The van der Waals surface area contributed by atoms with Gasteiger partial charge in [-0.1, -0.05) is 67.8 Å². The second-order valence-corrected chi connectivity index (χ2v) is 19.3. The van der Waals surface area contributed by atoms with Crippen LogP contribution >= 0.6 is 15.8 Å². The van der Waals surface area contributed by atoms with Crippen molar-refractivity contribution in [1.82, 2.24) is 0 Å². The zero-order valence-corrected chi connectivity index (χ0v) is 29.1. The van der Waals surface area contributed by atoms with Gasteiger partial charge in [0.15, 0.2) is 0 Å². The Morgan fingerprint density at radius 2 is 0.833 bits per heavy atom. The Kier molecular flexibility index (Phi) is 8.13. The Labute approximate surface area is 256 Å². The number of methoxy groups -OCH3 is 2. The second kappa shape index (κ2) is 11.4. The van der Waals surface area contributed by atoms with Gasteiger partial charge in [-0.2, -0.15) is 0 Å². The molecule has 2 heterocycles. The largest absolute Gasteiger partial charge is 0.496 e. The fraction of sp³-hybridized carbons (Fsp3) is 0.474. The number of ether oxygens (including phenoxy) is 2. The summed E-state index contributed by atoms with van der Waals surface area (Å²) in [6.07, 6.45) is 5.40. The lowest BCUT2D eigenvalue weighted by Crippen LogP contribution is -2.12. The minimum atomic E-state index is -0.155. The van der Waals surface area contributed by atoms with E-state index in [-0.39, 0.29) is 15.8 Å². The number of aryl methyl sites for hydroxylation is 2. The molecule has 0 bridgehead atoms. The van der Waals surface area contributed by atoms with Gasteiger partial charge < -0.3 is 9.47 Å². The van der Waals surface area contributed by atoms with E-state index in [9.17, 15) is 0 Å². The van der Waals surface area contributed by atoms with Crippen LogP contribution < -0.4 is 20.1 Å². The minimum absolute atomic E-state index is 0.155. The molecule has 0 saturated carbocycles. The molecule has 4 heteroatoms. The van der Waals surface area contributed by atoms with Gasteiger partial charge in [-0.15, -0.1) is 0 Å². The summed E-state index contributed by atoms with van der Waals surface area (Å²) in [4.78, 5) is 0. The van der Waals surface area contributed by atoms with Crippen molar-refractivity contribution < 1.29 is 9.47 Å². The molecule has 0 unspecified atom stereocenters. The van der Waals surface area contributed by atoms with Gasteiger partial charge in [-0.3, -0.25) is 0 Å². The van der Waals surface area contributed by atoms with Gasteiger partial charge in [0, 0.05) is 0 Å². The third kappa shape index (κ3) is 4.59. The van der Waals surface area contributed by atoms with Gasteiger partial charge in [0.1, 0.15) is 11.5 Å². The summed E-state index contributed by atoms with van der Waals surface area (Å²) < 4.78 is 12.3. The molecule has 42 heavy (non-hydrogen) atoms. The molecule has 2 aliphatic rings. The predicted molar refractivity (Wildman–Crippen MR) is 188 cm³/mol. The van der Waals surface area contributed by atoms with Gasteiger partial charge in [-0.25, -0.2) is 0 Å². The number of fused-ring (bicyclic) bond motifs is 2. The van der Waals surface area contributed by atoms with Gasteiger partial charge in [0.2, 0.25) is 0 Å². The Morgan fingerprint density at radius 3 is 1.14 bits per heavy atom. The SMILES string of the molecule is COc1c(C)c(-c2c(C)c(OC)c(C)c3cc(P4[C@@H](C)CC[C@@H]4C)ccc23)c2ccc(P3[C@@H](C)CC[C@@H]3C)cc2c1C. The summed E-state index contributed by atoms with van der Waals surface area (Å²) in [6.45, 7) is 18.8. The number of hydrogen-bond donors (Lipinski definition) is 0. The van der Waals surface area contributed by atoms with Gasteiger partial charge in [0.25, 0.3) is 0 Å². The van der Waals surface area contributed by atoms with E-state index in [2.05, 4.69) is 91.8 Å². The maximum atomic E-state index is 6.17. The van der Waals surface area contributed by atoms with Gasteiger partial charge in [0.05, 0.1) is 14.2 Å². The maximum Gasteiger partial charge on any atom is 0.125 e. The second-order valence-electron chi connectivity index (χ2n) is 13.1. The van der Waals surface area contributed by atoms with Crippen LogP contribution in [-0.2, 0) is 0 Å². The molecule has 0 radical (unpaired) electrons. The van der Waals surface area contributed by atoms with Crippen LogP contribution in [0.25, 0.3) is 32.7 Å². The molecule has 0 amide bonds. The molecule has 2 saturated heterocycles.